The Morgan fingerprint density at radius 2 is 2.17 bits per heavy atom. The normalized spacial score (nSPS) is 28.0. The van der Waals surface area contributed by atoms with Crippen molar-refractivity contribution in [2.24, 2.45) is 10.4 Å². The van der Waals surface area contributed by atoms with Crippen LogP contribution in [0, 0.1) is 16.7 Å². The first-order valence-corrected chi connectivity index (χ1v) is 9.53. The van der Waals surface area contributed by atoms with E-state index in [1.807, 2.05) is 43.8 Å². The van der Waals surface area contributed by atoms with E-state index in [0.29, 0.717) is 5.56 Å². The summed E-state index contributed by atoms with van der Waals surface area (Å²) in [5.74, 6) is 1.35. The monoisotopic (exact) mass is 336 g/mol. The molecule has 1 saturated heterocycles. The second-order valence-electron chi connectivity index (χ2n) is 7.43. The van der Waals surface area contributed by atoms with Crippen LogP contribution in [0.25, 0.3) is 0 Å². The third-order valence-electron chi connectivity index (χ3n) is 5.41. The molecule has 3 aliphatic rings. The summed E-state index contributed by atoms with van der Waals surface area (Å²) in [6, 6.07) is 9.99. The molecule has 2 aliphatic heterocycles. The molecule has 3 nitrogen and oxygen atoms in total. The number of rotatable bonds is 1. The molecular weight excluding hydrogens is 316 g/mol. The molecule has 4 heteroatoms. The quantitative estimate of drug-likeness (QED) is 0.770. The zero-order chi connectivity index (χ0) is 16.9. The van der Waals surface area contributed by atoms with Crippen molar-refractivity contribution in [1.29, 1.82) is 5.26 Å². The van der Waals surface area contributed by atoms with Gasteiger partial charge in [-0.3, -0.25) is 9.79 Å². The van der Waals surface area contributed by atoms with E-state index in [9.17, 15) is 10.1 Å². The van der Waals surface area contributed by atoms with E-state index in [1.54, 1.807) is 0 Å². The van der Waals surface area contributed by atoms with Crippen LogP contribution in [0.4, 0.5) is 0 Å². The van der Waals surface area contributed by atoms with E-state index in [4.69, 9.17) is 4.99 Å². The standard InChI is InChI=1S/C20H20N2OS/c1-20(2)8-6-14-17(19(20)23)16(18-15(22-14)7-9-24-18)13-5-3-4-12(10-13)11-21/h3-5,10,16,18H,6-9H2,1-2H3. The van der Waals surface area contributed by atoms with Gasteiger partial charge >= 0.3 is 0 Å². The molecule has 122 valence electrons. The Hall–Kier alpha value is -1.86. The maximum atomic E-state index is 13.2. The predicted molar refractivity (Wildman–Crippen MR) is 97.2 cm³/mol. The minimum Gasteiger partial charge on any atom is -0.294 e. The summed E-state index contributed by atoms with van der Waals surface area (Å²) in [4.78, 5) is 18.1. The number of aliphatic imine (C=N–C) groups is 1. The number of ketones is 1. The van der Waals surface area contributed by atoms with E-state index in [-0.39, 0.29) is 22.4 Å². The van der Waals surface area contributed by atoms with Gasteiger partial charge in [-0.15, -0.1) is 0 Å². The Balaban J connectivity index is 1.89. The minimum absolute atomic E-state index is 0.0420. The Labute approximate surface area is 146 Å². The number of thioether (sulfide) groups is 1. The average molecular weight is 336 g/mol. The molecule has 0 spiro atoms. The van der Waals surface area contributed by atoms with E-state index in [2.05, 4.69) is 12.1 Å². The van der Waals surface area contributed by atoms with Crippen LogP contribution >= 0.6 is 11.8 Å². The second-order valence-corrected chi connectivity index (χ2v) is 8.68. The van der Waals surface area contributed by atoms with Crippen LogP contribution in [0.2, 0.25) is 0 Å². The van der Waals surface area contributed by atoms with Crippen molar-refractivity contribution < 1.29 is 4.79 Å². The molecule has 0 amide bonds. The fraction of sp³-hybridized carbons (Fsp3) is 0.450. The van der Waals surface area contributed by atoms with Crippen molar-refractivity contribution >= 4 is 23.3 Å². The lowest BCUT2D eigenvalue weighted by Crippen LogP contribution is -2.38. The Bertz CT molecular complexity index is 828. The van der Waals surface area contributed by atoms with Crippen LogP contribution in [0.5, 0.6) is 0 Å². The van der Waals surface area contributed by atoms with Gasteiger partial charge in [0.1, 0.15) is 0 Å². The highest BCUT2D eigenvalue weighted by Gasteiger charge is 2.46. The number of allylic oxidation sites excluding steroid dienone is 2. The first-order chi connectivity index (χ1) is 11.5. The number of carbonyl (C=O) groups is 1. The number of benzene rings is 1. The Morgan fingerprint density at radius 1 is 1.33 bits per heavy atom. The van der Waals surface area contributed by atoms with Crippen LogP contribution in [-0.2, 0) is 4.79 Å². The molecule has 0 N–H and O–H groups in total. The first-order valence-electron chi connectivity index (χ1n) is 8.48. The van der Waals surface area contributed by atoms with Crippen LogP contribution in [0.1, 0.15) is 50.2 Å². The van der Waals surface area contributed by atoms with Crippen molar-refractivity contribution in [1.82, 2.24) is 0 Å². The minimum atomic E-state index is -0.319. The summed E-state index contributed by atoms with van der Waals surface area (Å²) in [6.45, 7) is 4.09. The summed E-state index contributed by atoms with van der Waals surface area (Å²) in [7, 11) is 0. The van der Waals surface area contributed by atoms with Crippen molar-refractivity contribution in [2.75, 3.05) is 5.75 Å². The Morgan fingerprint density at radius 3 is 2.96 bits per heavy atom. The number of nitrogens with zero attached hydrogens (tertiary/aromatic N) is 2. The van der Waals surface area contributed by atoms with Crippen molar-refractivity contribution in [3.05, 3.63) is 46.7 Å². The molecular formula is C20H20N2OS. The van der Waals surface area contributed by atoms with Gasteiger partial charge in [0.15, 0.2) is 5.78 Å². The maximum absolute atomic E-state index is 13.2. The summed E-state index contributed by atoms with van der Waals surface area (Å²) in [5.41, 5.74) is 4.56. The number of nitriles is 1. The zero-order valence-corrected chi connectivity index (χ0v) is 14.8. The first kappa shape index (κ1) is 15.7. The fourth-order valence-corrected chi connectivity index (χ4v) is 5.45. The van der Waals surface area contributed by atoms with Gasteiger partial charge in [0, 0.05) is 28.3 Å². The van der Waals surface area contributed by atoms with Gasteiger partial charge < -0.3 is 0 Å². The van der Waals surface area contributed by atoms with E-state index in [1.165, 1.54) is 5.71 Å². The van der Waals surface area contributed by atoms with Gasteiger partial charge in [-0.25, -0.2) is 0 Å². The van der Waals surface area contributed by atoms with E-state index in [0.717, 1.165) is 41.8 Å². The smallest absolute Gasteiger partial charge is 0.166 e. The molecule has 0 bridgehead atoms. The third kappa shape index (κ3) is 2.34. The summed E-state index contributed by atoms with van der Waals surface area (Å²) in [5, 5.41) is 9.50. The highest BCUT2D eigenvalue weighted by Crippen LogP contribution is 2.50. The van der Waals surface area contributed by atoms with Gasteiger partial charge in [0.05, 0.1) is 16.9 Å². The maximum Gasteiger partial charge on any atom is 0.166 e. The number of fused-ring (bicyclic) bond motifs is 1. The van der Waals surface area contributed by atoms with Gasteiger partial charge in [-0.1, -0.05) is 26.0 Å². The zero-order valence-electron chi connectivity index (χ0n) is 14.0. The lowest BCUT2D eigenvalue weighted by Gasteiger charge is -2.38. The van der Waals surface area contributed by atoms with Gasteiger partial charge in [-0.05, 0) is 42.7 Å². The van der Waals surface area contributed by atoms with Crippen LogP contribution in [0.3, 0.4) is 0 Å². The van der Waals surface area contributed by atoms with Crippen LogP contribution in [-0.4, -0.2) is 22.5 Å². The summed E-state index contributed by atoms with van der Waals surface area (Å²) >= 11 is 1.90. The van der Waals surface area contributed by atoms with Gasteiger partial charge in [0.2, 0.25) is 0 Å². The highest BCUT2D eigenvalue weighted by atomic mass is 32.2. The van der Waals surface area contributed by atoms with E-state index < -0.39 is 0 Å². The predicted octanol–water partition coefficient (Wildman–Crippen LogP) is 4.25. The number of hydrogen-bond acceptors (Lipinski definition) is 4. The molecule has 2 unspecified atom stereocenters. The van der Waals surface area contributed by atoms with Crippen LogP contribution < -0.4 is 0 Å². The van der Waals surface area contributed by atoms with Crippen molar-refractivity contribution in [3.63, 3.8) is 0 Å². The molecule has 24 heavy (non-hydrogen) atoms. The SMILES string of the molecule is CC1(C)CCC2=C(C1=O)C(c1cccc(C#N)c1)C1SCCC1=N2. The topological polar surface area (TPSA) is 53.2 Å². The van der Waals surface area contributed by atoms with E-state index >= 15 is 0 Å². The van der Waals surface area contributed by atoms with Crippen molar-refractivity contribution in [2.45, 2.75) is 44.3 Å². The molecule has 2 heterocycles. The molecule has 2 atom stereocenters. The molecule has 0 radical (unpaired) electrons. The summed E-state index contributed by atoms with van der Waals surface area (Å²) < 4.78 is 0. The fourth-order valence-electron chi connectivity index (χ4n) is 4.02. The molecule has 0 aromatic heterocycles. The van der Waals surface area contributed by atoms with Gasteiger partial charge in [0.25, 0.3) is 0 Å². The molecule has 1 aromatic carbocycles. The molecule has 1 fully saturated rings. The average Bonchev–Trinajstić information content (AvgIpc) is 3.05. The Kier molecular flexibility index (Phi) is 3.65. The number of Topliss-reactive ketones (excluding diaryl/α,β-unsaturated/α-hetero) is 1. The molecule has 4 rings (SSSR count). The summed E-state index contributed by atoms with van der Waals surface area (Å²) in [6.07, 6.45) is 2.76. The largest absolute Gasteiger partial charge is 0.294 e. The lowest BCUT2D eigenvalue weighted by atomic mass is 9.68. The molecule has 0 saturated carbocycles. The third-order valence-corrected chi connectivity index (χ3v) is 6.75. The molecule has 1 aromatic rings. The van der Waals surface area contributed by atoms with Crippen molar-refractivity contribution in [3.8, 4) is 6.07 Å². The number of hydrogen-bond donors (Lipinski definition) is 0. The lowest BCUT2D eigenvalue weighted by molar-refractivity contribution is -0.124. The van der Waals surface area contributed by atoms with Gasteiger partial charge in [-0.2, -0.15) is 17.0 Å². The second kappa shape index (κ2) is 5.60. The molecule has 1 aliphatic carbocycles. The number of carbonyl (C=O) groups excluding carboxylic acids is 1. The van der Waals surface area contributed by atoms with Crippen LogP contribution in [0.15, 0.2) is 40.5 Å². The highest BCUT2D eigenvalue weighted by molar-refractivity contribution is 8.01.